The van der Waals surface area contributed by atoms with E-state index < -0.39 is 11.7 Å². The number of aromatic hydroxyl groups is 1. The molecule has 21 heavy (non-hydrogen) atoms. The maximum Gasteiger partial charge on any atom is 0.416 e. The number of rotatable bonds is 1. The number of benzene rings is 2. The fourth-order valence-electron chi connectivity index (χ4n) is 1.87. The van der Waals surface area contributed by atoms with Crippen LogP contribution >= 0.6 is 27.3 Å². The minimum atomic E-state index is -4.38. The van der Waals surface area contributed by atoms with Crippen LogP contribution in [0.2, 0.25) is 0 Å². The summed E-state index contributed by atoms with van der Waals surface area (Å²) in [5.74, 6) is 0.0965. The van der Waals surface area contributed by atoms with Crippen LogP contribution in [0.4, 0.5) is 13.2 Å². The van der Waals surface area contributed by atoms with Gasteiger partial charge in [0.05, 0.1) is 20.3 Å². The number of aromatic nitrogens is 1. The molecule has 0 aliphatic rings. The van der Waals surface area contributed by atoms with Crippen molar-refractivity contribution in [1.29, 1.82) is 0 Å². The molecule has 0 bridgehead atoms. The van der Waals surface area contributed by atoms with Gasteiger partial charge in [0.1, 0.15) is 10.8 Å². The van der Waals surface area contributed by atoms with Crippen LogP contribution in [-0.4, -0.2) is 10.1 Å². The van der Waals surface area contributed by atoms with Gasteiger partial charge in [0, 0.05) is 5.56 Å². The Hall–Kier alpha value is -1.60. The Morgan fingerprint density at radius 2 is 1.86 bits per heavy atom. The Kier molecular flexibility index (Phi) is 3.41. The number of phenols is 1. The van der Waals surface area contributed by atoms with Crippen molar-refractivity contribution in [1.82, 2.24) is 4.98 Å². The topological polar surface area (TPSA) is 33.1 Å². The van der Waals surface area contributed by atoms with Gasteiger partial charge in [-0.3, -0.25) is 0 Å². The zero-order valence-corrected chi connectivity index (χ0v) is 12.7. The first-order valence-electron chi connectivity index (χ1n) is 5.81. The quantitative estimate of drug-likeness (QED) is 0.615. The highest BCUT2D eigenvalue weighted by molar-refractivity contribution is 9.10. The van der Waals surface area contributed by atoms with E-state index in [1.807, 2.05) is 0 Å². The van der Waals surface area contributed by atoms with Crippen molar-refractivity contribution in [2.24, 2.45) is 0 Å². The number of nitrogens with zero attached hydrogens (tertiary/aromatic N) is 1. The molecule has 2 aromatic carbocycles. The Morgan fingerprint density at radius 3 is 2.52 bits per heavy atom. The first-order chi connectivity index (χ1) is 9.84. The van der Waals surface area contributed by atoms with Crippen LogP contribution in [0.1, 0.15) is 5.56 Å². The predicted octanol–water partition coefficient (Wildman–Crippen LogP) is 5.45. The van der Waals surface area contributed by atoms with Gasteiger partial charge in [-0.25, -0.2) is 4.98 Å². The molecular weight excluding hydrogens is 367 g/mol. The molecule has 1 N–H and O–H groups in total. The SMILES string of the molecule is Oc1ccc(-c2nc3cc(C(F)(F)F)ccc3s2)cc1Br. The van der Waals surface area contributed by atoms with Crippen LogP contribution < -0.4 is 0 Å². The lowest BCUT2D eigenvalue weighted by Gasteiger charge is -2.04. The van der Waals surface area contributed by atoms with Crippen LogP contribution in [0, 0.1) is 0 Å². The van der Waals surface area contributed by atoms with E-state index in [4.69, 9.17) is 0 Å². The van der Waals surface area contributed by atoms with E-state index in [0.717, 1.165) is 17.7 Å². The summed E-state index contributed by atoms with van der Waals surface area (Å²) in [7, 11) is 0. The van der Waals surface area contributed by atoms with Gasteiger partial charge in [-0.2, -0.15) is 13.2 Å². The van der Waals surface area contributed by atoms with Crippen molar-refractivity contribution >= 4 is 37.5 Å². The highest BCUT2D eigenvalue weighted by Crippen LogP contribution is 2.37. The second-order valence-corrected chi connectivity index (χ2v) is 6.25. The second kappa shape index (κ2) is 4.99. The molecule has 1 aromatic heterocycles. The number of fused-ring (bicyclic) bond motifs is 1. The largest absolute Gasteiger partial charge is 0.507 e. The standard InChI is InChI=1S/C14H7BrF3NOS/c15-9-5-7(1-3-11(9)20)13-19-10-6-8(14(16,17)18)2-4-12(10)21-13/h1-6,20H. The van der Waals surface area contributed by atoms with E-state index in [1.165, 1.54) is 23.5 Å². The number of hydrogen-bond donors (Lipinski definition) is 1. The Bertz CT molecular complexity index is 829. The fourth-order valence-corrected chi connectivity index (χ4v) is 3.19. The van der Waals surface area contributed by atoms with Gasteiger partial charge in [0.15, 0.2) is 0 Å². The van der Waals surface area contributed by atoms with Gasteiger partial charge in [-0.1, -0.05) is 0 Å². The van der Waals surface area contributed by atoms with Crippen LogP contribution in [0.15, 0.2) is 40.9 Å². The zero-order valence-electron chi connectivity index (χ0n) is 10.3. The molecule has 0 amide bonds. The van der Waals surface area contributed by atoms with Crippen molar-refractivity contribution in [2.45, 2.75) is 6.18 Å². The highest BCUT2D eigenvalue weighted by Gasteiger charge is 2.30. The van der Waals surface area contributed by atoms with E-state index >= 15 is 0 Å². The monoisotopic (exact) mass is 373 g/mol. The van der Waals surface area contributed by atoms with Crippen molar-refractivity contribution < 1.29 is 18.3 Å². The van der Waals surface area contributed by atoms with Gasteiger partial charge in [0.2, 0.25) is 0 Å². The molecule has 0 saturated carbocycles. The molecule has 3 rings (SSSR count). The van der Waals surface area contributed by atoms with Gasteiger partial charge in [-0.05, 0) is 52.3 Å². The van der Waals surface area contributed by atoms with E-state index in [2.05, 4.69) is 20.9 Å². The molecule has 2 nitrogen and oxygen atoms in total. The molecule has 0 radical (unpaired) electrons. The summed E-state index contributed by atoms with van der Waals surface area (Å²) in [4.78, 5) is 4.24. The molecule has 0 saturated heterocycles. The van der Waals surface area contributed by atoms with Gasteiger partial charge < -0.3 is 5.11 Å². The molecule has 3 aromatic rings. The molecule has 0 aliphatic carbocycles. The van der Waals surface area contributed by atoms with Gasteiger partial charge >= 0.3 is 6.18 Å². The average Bonchev–Trinajstić information content (AvgIpc) is 2.83. The smallest absolute Gasteiger partial charge is 0.416 e. The molecule has 0 aliphatic heterocycles. The molecule has 0 unspecified atom stereocenters. The fraction of sp³-hybridized carbons (Fsp3) is 0.0714. The summed E-state index contributed by atoms with van der Waals surface area (Å²) >= 11 is 4.51. The summed E-state index contributed by atoms with van der Waals surface area (Å²) < 4.78 is 39.2. The third-order valence-electron chi connectivity index (χ3n) is 2.91. The van der Waals surface area contributed by atoms with Gasteiger partial charge in [0.25, 0.3) is 0 Å². The van der Waals surface area contributed by atoms with E-state index in [-0.39, 0.29) is 5.75 Å². The lowest BCUT2D eigenvalue weighted by Crippen LogP contribution is -2.03. The average molecular weight is 374 g/mol. The Labute approximate surface area is 130 Å². The molecule has 1 heterocycles. The number of thiazole rings is 1. The maximum atomic E-state index is 12.7. The first kappa shape index (κ1) is 14.3. The number of halogens is 4. The predicted molar refractivity (Wildman–Crippen MR) is 79.4 cm³/mol. The van der Waals surface area contributed by atoms with Crippen LogP contribution in [0.25, 0.3) is 20.8 Å². The molecule has 7 heteroatoms. The van der Waals surface area contributed by atoms with Crippen molar-refractivity contribution in [3.63, 3.8) is 0 Å². The molecule has 0 spiro atoms. The Morgan fingerprint density at radius 1 is 1.10 bits per heavy atom. The van der Waals surface area contributed by atoms with E-state index in [9.17, 15) is 18.3 Å². The van der Waals surface area contributed by atoms with Crippen molar-refractivity contribution in [2.75, 3.05) is 0 Å². The van der Waals surface area contributed by atoms with Crippen LogP contribution in [0.5, 0.6) is 5.75 Å². The summed E-state index contributed by atoms with van der Waals surface area (Å²) in [5.41, 5.74) is 0.335. The maximum absolute atomic E-state index is 12.7. The number of phenolic OH excluding ortho intramolecular Hbond substituents is 1. The number of alkyl halides is 3. The summed E-state index contributed by atoms with van der Waals surface area (Å²) in [6.45, 7) is 0. The Balaban J connectivity index is 2.10. The van der Waals surface area contributed by atoms with Crippen LogP contribution in [-0.2, 0) is 6.18 Å². The summed E-state index contributed by atoms with van der Waals surface area (Å²) in [5, 5.41) is 10.1. The molecule has 108 valence electrons. The van der Waals surface area contributed by atoms with Crippen LogP contribution in [0.3, 0.4) is 0 Å². The summed E-state index contributed by atoms with van der Waals surface area (Å²) in [6, 6.07) is 8.38. The third-order valence-corrected chi connectivity index (χ3v) is 4.63. The normalized spacial score (nSPS) is 12.0. The van der Waals surface area contributed by atoms with Crippen molar-refractivity contribution in [3.8, 4) is 16.3 Å². The minimum Gasteiger partial charge on any atom is -0.507 e. The molecular formula is C14H7BrF3NOS. The third kappa shape index (κ3) is 2.75. The second-order valence-electron chi connectivity index (χ2n) is 4.37. The lowest BCUT2D eigenvalue weighted by molar-refractivity contribution is -0.137. The first-order valence-corrected chi connectivity index (χ1v) is 7.42. The number of hydrogen-bond acceptors (Lipinski definition) is 3. The van der Waals surface area contributed by atoms with Gasteiger partial charge in [-0.15, -0.1) is 11.3 Å². The van der Waals surface area contributed by atoms with Crippen molar-refractivity contribution in [3.05, 3.63) is 46.4 Å². The summed E-state index contributed by atoms with van der Waals surface area (Å²) in [6.07, 6.45) is -4.38. The molecule has 0 atom stereocenters. The molecule has 0 fully saturated rings. The van der Waals surface area contributed by atoms with E-state index in [0.29, 0.717) is 19.7 Å². The highest BCUT2D eigenvalue weighted by atomic mass is 79.9. The lowest BCUT2D eigenvalue weighted by atomic mass is 10.2. The minimum absolute atomic E-state index is 0.0965. The zero-order chi connectivity index (χ0) is 15.2. The van der Waals surface area contributed by atoms with E-state index in [1.54, 1.807) is 12.1 Å².